The second-order valence-electron chi connectivity index (χ2n) is 8.15. The van der Waals surface area contributed by atoms with Crippen LogP contribution in [0.3, 0.4) is 0 Å². The number of ether oxygens (including phenoxy) is 1. The van der Waals surface area contributed by atoms with Crippen molar-refractivity contribution in [1.82, 2.24) is 14.5 Å². The number of rotatable bonds is 5. The summed E-state index contributed by atoms with van der Waals surface area (Å²) in [6, 6.07) is 19.1. The van der Waals surface area contributed by atoms with Crippen LogP contribution in [-0.2, 0) is 14.8 Å². The predicted octanol–water partition coefficient (Wildman–Crippen LogP) is 2.49. The maximum atomic E-state index is 13.2. The summed E-state index contributed by atoms with van der Waals surface area (Å²) < 4.78 is 33.4. The number of morpholine rings is 1. The van der Waals surface area contributed by atoms with Crippen LogP contribution < -0.4 is 9.80 Å². The van der Waals surface area contributed by atoms with Gasteiger partial charge in [0.05, 0.1) is 30.0 Å². The fourth-order valence-electron chi connectivity index (χ4n) is 4.25. The second kappa shape index (κ2) is 9.46. The molecule has 33 heavy (non-hydrogen) atoms. The van der Waals surface area contributed by atoms with Crippen molar-refractivity contribution in [2.24, 2.45) is 0 Å². The van der Waals surface area contributed by atoms with Crippen LogP contribution in [-0.4, -0.2) is 75.4 Å². The Hall–Kier alpha value is -3.01. The number of benzene rings is 2. The minimum atomic E-state index is -3.54. The molecule has 0 bridgehead atoms. The van der Waals surface area contributed by atoms with E-state index >= 15 is 0 Å². The highest BCUT2D eigenvalue weighted by Crippen LogP contribution is 2.25. The number of hydrogen-bond donors (Lipinski definition) is 0. The Bertz CT molecular complexity index is 1170. The molecule has 3 heterocycles. The molecule has 3 aromatic rings. The van der Waals surface area contributed by atoms with Gasteiger partial charge in [-0.1, -0.05) is 42.5 Å². The van der Waals surface area contributed by atoms with Crippen molar-refractivity contribution in [1.29, 1.82) is 0 Å². The molecule has 2 fully saturated rings. The van der Waals surface area contributed by atoms with E-state index in [1.54, 1.807) is 22.6 Å². The van der Waals surface area contributed by atoms with Crippen molar-refractivity contribution >= 4 is 21.5 Å². The van der Waals surface area contributed by atoms with E-state index in [1.807, 2.05) is 48.5 Å². The molecule has 0 amide bonds. The standard InChI is InChI=1S/C24H27N5O3S/c30-33(31,23-8-6-21(7-9-23)20-4-2-1-3-5-20)29-12-10-28(11-13-29)24-18-22(19-25-26-24)27-14-16-32-17-15-27/h1-9,18-19H,10-17H2. The minimum Gasteiger partial charge on any atom is -0.378 e. The molecule has 0 radical (unpaired) electrons. The molecule has 9 heteroatoms. The van der Waals surface area contributed by atoms with Gasteiger partial charge in [0.25, 0.3) is 0 Å². The van der Waals surface area contributed by atoms with Crippen molar-refractivity contribution in [3.05, 3.63) is 66.9 Å². The molecular weight excluding hydrogens is 438 g/mol. The van der Waals surface area contributed by atoms with Crippen LogP contribution in [0.25, 0.3) is 11.1 Å². The Labute approximate surface area is 194 Å². The summed E-state index contributed by atoms with van der Waals surface area (Å²) in [7, 11) is -3.54. The van der Waals surface area contributed by atoms with Gasteiger partial charge in [-0.2, -0.15) is 9.40 Å². The highest BCUT2D eigenvalue weighted by atomic mass is 32.2. The van der Waals surface area contributed by atoms with Gasteiger partial charge in [-0.05, 0) is 23.3 Å². The summed E-state index contributed by atoms with van der Waals surface area (Å²) in [5.41, 5.74) is 3.09. The van der Waals surface area contributed by atoms with Crippen LogP contribution in [0.2, 0.25) is 0 Å². The third kappa shape index (κ3) is 4.71. The lowest BCUT2D eigenvalue weighted by Gasteiger charge is -2.35. The summed E-state index contributed by atoms with van der Waals surface area (Å²) in [6.45, 7) is 5.05. The van der Waals surface area contributed by atoms with Gasteiger partial charge >= 0.3 is 0 Å². The number of anilines is 2. The van der Waals surface area contributed by atoms with Gasteiger partial charge in [-0.3, -0.25) is 0 Å². The number of aromatic nitrogens is 2. The fraction of sp³-hybridized carbons (Fsp3) is 0.333. The van der Waals surface area contributed by atoms with Gasteiger partial charge in [-0.25, -0.2) is 8.42 Å². The molecule has 5 rings (SSSR count). The molecule has 2 saturated heterocycles. The zero-order valence-electron chi connectivity index (χ0n) is 18.4. The average Bonchev–Trinajstić information content (AvgIpc) is 2.90. The van der Waals surface area contributed by atoms with Crippen LogP contribution in [0.4, 0.5) is 11.5 Å². The largest absolute Gasteiger partial charge is 0.378 e. The van der Waals surface area contributed by atoms with Crippen molar-refractivity contribution in [2.45, 2.75) is 4.90 Å². The first-order valence-corrected chi connectivity index (χ1v) is 12.6. The van der Waals surface area contributed by atoms with Crippen LogP contribution in [0.15, 0.2) is 71.8 Å². The molecule has 0 saturated carbocycles. The lowest BCUT2D eigenvalue weighted by Crippen LogP contribution is -2.49. The van der Waals surface area contributed by atoms with Gasteiger partial charge < -0.3 is 14.5 Å². The normalized spacial score (nSPS) is 17.8. The third-order valence-corrected chi connectivity index (χ3v) is 8.08. The fourth-order valence-corrected chi connectivity index (χ4v) is 5.67. The molecule has 1 aromatic heterocycles. The van der Waals surface area contributed by atoms with E-state index in [-0.39, 0.29) is 0 Å². The molecule has 2 aliphatic rings. The topological polar surface area (TPSA) is 78.9 Å². The minimum absolute atomic E-state index is 0.324. The predicted molar refractivity (Wildman–Crippen MR) is 128 cm³/mol. The van der Waals surface area contributed by atoms with Gasteiger partial charge in [0.2, 0.25) is 10.0 Å². The van der Waals surface area contributed by atoms with Crippen LogP contribution >= 0.6 is 0 Å². The molecule has 0 unspecified atom stereocenters. The van der Waals surface area contributed by atoms with Gasteiger partial charge in [0, 0.05) is 45.3 Å². The molecule has 0 atom stereocenters. The molecule has 8 nitrogen and oxygen atoms in total. The smallest absolute Gasteiger partial charge is 0.243 e. The SMILES string of the molecule is O=S(=O)(c1ccc(-c2ccccc2)cc1)N1CCN(c2cc(N3CCOCC3)cnn2)CC1. The molecule has 2 aliphatic heterocycles. The second-order valence-corrected chi connectivity index (χ2v) is 10.1. The maximum Gasteiger partial charge on any atom is 0.243 e. The highest BCUT2D eigenvalue weighted by Gasteiger charge is 2.29. The lowest BCUT2D eigenvalue weighted by molar-refractivity contribution is 0.122. The number of piperazine rings is 1. The first-order chi connectivity index (χ1) is 16.1. The van der Waals surface area contributed by atoms with Crippen LogP contribution in [0, 0.1) is 0 Å². The molecule has 0 N–H and O–H groups in total. The lowest BCUT2D eigenvalue weighted by atomic mass is 10.1. The van der Waals surface area contributed by atoms with E-state index in [2.05, 4.69) is 20.0 Å². The van der Waals surface area contributed by atoms with Crippen LogP contribution in [0.1, 0.15) is 0 Å². The molecular formula is C24H27N5O3S. The molecule has 0 spiro atoms. The first kappa shape index (κ1) is 21.8. The monoisotopic (exact) mass is 465 g/mol. The Balaban J connectivity index is 1.25. The Morgan fingerprint density at radius 3 is 2.12 bits per heavy atom. The van der Waals surface area contributed by atoms with E-state index in [1.165, 1.54) is 0 Å². The Morgan fingerprint density at radius 1 is 0.758 bits per heavy atom. The highest BCUT2D eigenvalue weighted by molar-refractivity contribution is 7.89. The van der Waals surface area contributed by atoms with E-state index in [0.29, 0.717) is 44.3 Å². The summed E-state index contributed by atoms with van der Waals surface area (Å²) in [5.74, 6) is 0.781. The first-order valence-electron chi connectivity index (χ1n) is 11.2. The van der Waals surface area contributed by atoms with Gasteiger partial charge in [-0.15, -0.1) is 5.10 Å². The van der Waals surface area contributed by atoms with Crippen molar-refractivity contribution in [2.75, 3.05) is 62.3 Å². The van der Waals surface area contributed by atoms with Crippen molar-refractivity contribution < 1.29 is 13.2 Å². The number of hydrogen-bond acceptors (Lipinski definition) is 7. The van der Waals surface area contributed by atoms with Crippen LogP contribution in [0.5, 0.6) is 0 Å². The van der Waals surface area contributed by atoms with E-state index < -0.39 is 10.0 Å². The van der Waals surface area contributed by atoms with Gasteiger partial charge in [0.15, 0.2) is 5.82 Å². The summed E-state index contributed by atoms with van der Waals surface area (Å²) in [4.78, 5) is 4.66. The summed E-state index contributed by atoms with van der Waals surface area (Å²) in [6.07, 6.45) is 1.77. The molecule has 172 valence electrons. The van der Waals surface area contributed by atoms with E-state index in [4.69, 9.17) is 4.74 Å². The molecule has 0 aliphatic carbocycles. The zero-order chi connectivity index (χ0) is 22.7. The summed E-state index contributed by atoms with van der Waals surface area (Å²) in [5, 5.41) is 8.47. The Kier molecular flexibility index (Phi) is 6.26. The van der Waals surface area contributed by atoms with E-state index in [9.17, 15) is 8.42 Å². The third-order valence-electron chi connectivity index (χ3n) is 6.17. The number of sulfonamides is 1. The maximum absolute atomic E-state index is 13.2. The van der Waals surface area contributed by atoms with Gasteiger partial charge in [0.1, 0.15) is 0 Å². The quantitative estimate of drug-likeness (QED) is 0.573. The average molecular weight is 466 g/mol. The van der Waals surface area contributed by atoms with Crippen molar-refractivity contribution in [3.63, 3.8) is 0 Å². The summed E-state index contributed by atoms with van der Waals surface area (Å²) >= 11 is 0. The van der Waals surface area contributed by atoms with E-state index in [0.717, 1.165) is 35.7 Å². The van der Waals surface area contributed by atoms with Crippen molar-refractivity contribution in [3.8, 4) is 11.1 Å². The Morgan fingerprint density at radius 2 is 1.42 bits per heavy atom. The number of nitrogens with zero attached hydrogens (tertiary/aromatic N) is 5. The molecule has 2 aromatic carbocycles. The zero-order valence-corrected chi connectivity index (χ0v) is 19.2.